The number of carboxylic acids is 2. The first-order chi connectivity index (χ1) is 8.47. The maximum Gasteiger partial charge on any atom is 0.326 e. The van der Waals surface area contributed by atoms with Crippen LogP contribution in [0.25, 0.3) is 0 Å². The largest absolute Gasteiger partial charge is 0.481 e. The second kappa shape index (κ2) is 9.38. The average Bonchev–Trinajstić information content (AvgIpc) is 2.29. The highest BCUT2D eigenvalue weighted by molar-refractivity contribution is 5.83. The van der Waals surface area contributed by atoms with Gasteiger partial charge in [0.15, 0.2) is 0 Å². The van der Waals surface area contributed by atoms with E-state index in [0.29, 0.717) is 19.3 Å². The number of rotatable bonds is 10. The maximum atomic E-state index is 11.8. The minimum Gasteiger partial charge on any atom is -0.481 e. The zero-order valence-corrected chi connectivity index (χ0v) is 10.0. The van der Waals surface area contributed by atoms with E-state index in [2.05, 4.69) is 5.32 Å². The van der Waals surface area contributed by atoms with Crippen molar-refractivity contribution < 1.29 is 29.0 Å². The molecule has 0 aliphatic carbocycles. The van der Waals surface area contributed by atoms with Crippen LogP contribution in [0.4, 0.5) is 4.39 Å². The highest BCUT2D eigenvalue weighted by Crippen LogP contribution is 2.03. The minimum atomic E-state index is -1.26. The van der Waals surface area contributed by atoms with Gasteiger partial charge in [0.25, 0.3) is 0 Å². The predicted octanol–water partition coefficient (Wildman–Crippen LogP) is 0.950. The van der Waals surface area contributed by atoms with E-state index in [1.54, 1.807) is 0 Å². The van der Waals surface area contributed by atoms with E-state index >= 15 is 0 Å². The summed E-state index contributed by atoms with van der Waals surface area (Å²) >= 11 is 0. The van der Waals surface area contributed by atoms with Crippen LogP contribution in [0.5, 0.6) is 0 Å². The molecule has 6 nitrogen and oxygen atoms in total. The van der Waals surface area contributed by atoms with Crippen LogP contribution in [0.2, 0.25) is 0 Å². The van der Waals surface area contributed by atoms with Gasteiger partial charge in [0.05, 0.1) is 6.67 Å². The van der Waals surface area contributed by atoms with Gasteiger partial charge < -0.3 is 15.5 Å². The molecule has 0 aromatic heterocycles. The van der Waals surface area contributed by atoms with Gasteiger partial charge in [-0.25, -0.2) is 4.79 Å². The molecule has 0 radical (unpaired) electrons. The molecule has 7 heteroatoms. The van der Waals surface area contributed by atoms with Crippen LogP contribution in [0, 0.1) is 0 Å². The highest BCUT2D eigenvalue weighted by Gasteiger charge is 2.20. The summed E-state index contributed by atoms with van der Waals surface area (Å²) in [4.78, 5) is 32.4. The fourth-order valence-electron chi connectivity index (χ4n) is 1.35. The molecule has 104 valence electrons. The van der Waals surface area contributed by atoms with Crippen LogP contribution in [-0.4, -0.2) is 40.8 Å². The van der Waals surface area contributed by atoms with Crippen molar-refractivity contribution in [3.8, 4) is 0 Å². The van der Waals surface area contributed by atoms with E-state index < -0.39 is 30.6 Å². The zero-order valence-electron chi connectivity index (χ0n) is 10.0. The Morgan fingerprint density at radius 2 is 1.72 bits per heavy atom. The SMILES string of the molecule is O=C(O)CC[C@H](NC(=O)CCCCCF)C(=O)O. The average molecular weight is 263 g/mol. The molecule has 0 spiro atoms. The third-order valence-electron chi connectivity index (χ3n) is 2.32. The molecular weight excluding hydrogens is 245 g/mol. The van der Waals surface area contributed by atoms with Crippen molar-refractivity contribution in [2.45, 2.75) is 44.6 Å². The van der Waals surface area contributed by atoms with E-state index in [0.717, 1.165) is 0 Å². The van der Waals surface area contributed by atoms with Gasteiger partial charge in [-0.1, -0.05) is 6.42 Å². The highest BCUT2D eigenvalue weighted by atomic mass is 19.1. The second-order valence-corrected chi connectivity index (χ2v) is 3.89. The number of carbonyl (C=O) groups excluding carboxylic acids is 1. The molecule has 0 bridgehead atoms. The Morgan fingerprint density at radius 3 is 2.22 bits per heavy atom. The summed E-state index contributed by atoms with van der Waals surface area (Å²) < 4.78 is 11.8. The molecule has 3 N–H and O–H groups in total. The van der Waals surface area contributed by atoms with Crippen molar-refractivity contribution in [3.05, 3.63) is 0 Å². The number of nitrogens with one attached hydrogen (secondary N) is 1. The number of hydrogen-bond acceptors (Lipinski definition) is 3. The Balaban J connectivity index is 3.96. The van der Waals surface area contributed by atoms with Crippen molar-refractivity contribution in [2.24, 2.45) is 0 Å². The quantitative estimate of drug-likeness (QED) is 0.509. The van der Waals surface area contributed by atoms with Crippen molar-refractivity contribution in [1.82, 2.24) is 5.32 Å². The molecule has 0 saturated carbocycles. The van der Waals surface area contributed by atoms with E-state index in [-0.39, 0.29) is 19.3 Å². The summed E-state index contributed by atoms with van der Waals surface area (Å²) in [5, 5.41) is 19.5. The third-order valence-corrected chi connectivity index (χ3v) is 2.32. The number of aliphatic carboxylic acids is 2. The Hall–Kier alpha value is -1.66. The Morgan fingerprint density at radius 1 is 1.06 bits per heavy atom. The topological polar surface area (TPSA) is 104 Å². The molecular formula is C11H18FNO5. The Kier molecular flexibility index (Phi) is 8.51. The van der Waals surface area contributed by atoms with Gasteiger partial charge in [0.2, 0.25) is 5.91 Å². The number of carbonyl (C=O) groups is 3. The molecule has 1 amide bonds. The van der Waals surface area contributed by atoms with Crippen molar-refractivity contribution in [2.75, 3.05) is 6.67 Å². The van der Waals surface area contributed by atoms with Gasteiger partial charge in [0, 0.05) is 12.8 Å². The lowest BCUT2D eigenvalue weighted by Gasteiger charge is -2.13. The van der Waals surface area contributed by atoms with Crippen LogP contribution < -0.4 is 5.32 Å². The number of halogens is 1. The lowest BCUT2D eigenvalue weighted by molar-refractivity contribution is -0.143. The number of unbranched alkanes of at least 4 members (excludes halogenated alkanes) is 2. The monoisotopic (exact) mass is 263 g/mol. The molecule has 0 aliphatic heterocycles. The predicted molar refractivity (Wildman–Crippen MR) is 60.9 cm³/mol. The summed E-state index contributed by atoms with van der Waals surface area (Å²) in [6, 6.07) is -1.19. The second-order valence-electron chi connectivity index (χ2n) is 3.89. The van der Waals surface area contributed by atoms with Gasteiger partial charge >= 0.3 is 11.9 Å². The van der Waals surface area contributed by atoms with Gasteiger partial charge in [0.1, 0.15) is 6.04 Å². The first-order valence-corrected chi connectivity index (χ1v) is 5.77. The molecule has 0 rings (SSSR count). The fourth-order valence-corrected chi connectivity index (χ4v) is 1.35. The zero-order chi connectivity index (χ0) is 14.0. The summed E-state index contributed by atoms with van der Waals surface area (Å²) in [5.41, 5.74) is 0. The maximum absolute atomic E-state index is 11.8. The van der Waals surface area contributed by atoms with Crippen LogP contribution in [-0.2, 0) is 14.4 Å². The smallest absolute Gasteiger partial charge is 0.326 e. The molecule has 0 unspecified atom stereocenters. The molecule has 1 atom stereocenters. The number of carboxylic acid groups (broad SMARTS) is 2. The van der Waals surface area contributed by atoms with Crippen molar-refractivity contribution in [3.63, 3.8) is 0 Å². The molecule has 0 fully saturated rings. The van der Waals surface area contributed by atoms with E-state index in [1.807, 2.05) is 0 Å². The minimum absolute atomic E-state index is 0.122. The summed E-state index contributed by atoms with van der Waals surface area (Å²) in [5.74, 6) is -2.82. The molecule has 0 aromatic carbocycles. The van der Waals surface area contributed by atoms with Crippen LogP contribution >= 0.6 is 0 Å². The lowest BCUT2D eigenvalue weighted by atomic mass is 10.1. The lowest BCUT2D eigenvalue weighted by Crippen LogP contribution is -2.41. The number of alkyl halides is 1. The third kappa shape index (κ3) is 8.49. The summed E-state index contributed by atoms with van der Waals surface area (Å²) in [6.07, 6.45) is 1.09. The van der Waals surface area contributed by atoms with E-state index in [1.165, 1.54) is 0 Å². The fraction of sp³-hybridized carbons (Fsp3) is 0.727. The van der Waals surface area contributed by atoms with Gasteiger partial charge in [-0.05, 0) is 19.3 Å². The van der Waals surface area contributed by atoms with Crippen LogP contribution in [0.15, 0.2) is 0 Å². The van der Waals surface area contributed by atoms with E-state index in [9.17, 15) is 18.8 Å². The molecule has 0 heterocycles. The number of amides is 1. The molecule has 0 aromatic rings. The summed E-state index contributed by atoms with van der Waals surface area (Å²) in [7, 11) is 0. The first kappa shape index (κ1) is 16.3. The van der Waals surface area contributed by atoms with Crippen molar-refractivity contribution >= 4 is 17.8 Å². The van der Waals surface area contributed by atoms with Crippen LogP contribution in [0.1, 0.15) is 38.5 Å². The van der Waals surface area contributed by atoms with Gasteiger partial charge in [-0.15, -0.1) is 0 Å². The number of hydrogen-bond donors (Lipinski definition) is 3. The Labute approximate surface area is 104 Å². The normalized spacial score (nSPS) is 11.8. The standard InChI is InChI=1S/C11H18FNO5/c12-7-3-1-2-4-9(14)13-8(11(17)18)5-6-10(15)16/h8H,1-7H2,(H,13,14)(H,15,16)(H,17,18)/t8-/m0/s1. The molecule has 0 saturated heterocycles. The Bertz CT molecular complexity index is 295. The summed E-state index contributed by atoms with van der Waals surface area (Å²) in [6.45, 7) is -0.433. The van der Waals surface area contributed by atoms with Gasteiger partial charge in [-0.3, -0.25) is 14.0 Å². The van der Waals surface area contributed by atoms with Crippen LogP contribution in [0.3, 0.4) is 0 Å². The first-order valence-electron chi connectivity index (χ1n) is 5.77. The molecule has 18 heavy (non-hydrogen) atoms. The van der Waals surface area contributed by atoms with Gasteiger partial charge in [-0.2, -0.15) is 0 Å². The van der Waals surface area contributed by atoms with Crippen molar-refractivity contribution in [1.29, 1.82) is 0 Å². The van der Waals surface area contributed by atoms with E-state index in [4.69, 9.17) is 10.2 Å². The molecule has 0 aliphatic rings.